The average Bonchev–Trinajstić information content (AvgIpc) is 2.88. The average molecular weight is 346 g/mol. The maximum Gasteiger partial charge on any atom is 0.416 e. The summed E-state index contributed by atoms with van der Waals surface area (Å²) in [5.41, 5.74) is 5.39. The molecule has 2 rings (SSSR count). The molecule has 0 saturated carbocycles. The molecule has 1 fully saturated rings. The van der Waals surface area contributed by atoms with Crippen molar-refractivity contribution in [2.45, 2.75) is 37.2 Å². The van der Waals surface area contributed by atoms with E-state index in [1.165, 1.54) is 12.1 Å². The Kier molecular flexibility index (Phi) is 5.14. The highest BCUT2D eigenvalue weighted by atomic mass is 19.4. The van der Waals surface area contributed by atoms with Gasteiger partial charge in [-0.1, -0.05) is 12.1 Å². The van der Waals surface area contributed by atoms with Crippen molar-refractivity contribution in [3.8, 4) is 0 Å². The largest absolute Gasteiger partial charge is 0.480 e. The predicted octanol–water partition coefficient (Wildman–Crippen LogP) is 0.622. The van der Waals surface area contributed by atoms with Crippen LogP contribution in [0.4, 0.5) is 13.2 Å². The van der Waals surface area contributed by atoms with Gasteiger partial charge < -0.3 is 20.8 Å². The molecule has 0 aliphatic carbocycles. The Bertz CT molecular complexity index is 618. The second-order valence-electron chi connectivity index (χ2n) is 5.74. The number of rotatable bonds is 4. The number of amides is 1. The second-order valence-corrected chi connectivity index (χ2v) is 5.74. The van der Waals surface area contributed by atoms with Crippen molar-refractivity contribution in [2.24, 2.45) is 5.73 Å². The van der Waals surface area contributed by atoms with Gasteiger partial charge in [0.15, 0.2) is 0 Å². The summed E-state index contributed by atoms with van der Waals surface area (Å²) >= 11 is 0. The van der Waals surface area contributed by atoms with Crippen LogP contribution in [-0.2, 0) is 22.2 Å². The number of hydrogen-bond acceptors (Lipinski definition) is 4. The predicted molar refractivity (Wildman–Crippen MR) is 76.9 cm³/mol. The molecule has 1 aromatic rings. The van der Waals surface area contributed by atoms with Crippen LogP contribution in [0.3, 0.4) is 0 Å². The number of carbonyl (C=O) groups is 2. The number of nitrogens with two attached hydrogens (primary N) is 1. The number of aliphatic hydroxyl groups excluding tert-OH is 1. The molecule has 132 valence electrons. The molecule has 6 nitrogen and oxygen atoms in total. The van der Waals surface area contributed by atoms with Crippen LogP contribution >= 0.6 is 0 Å². The number of benzene rings is 1. The first-order chi connectivity index (χ1) is 11.1. The Balaban J connectivity index is 2.05. The van der Waals surface area contributed by atoms with E-state index in [4.69, 9.17) is 10.8 Å². The van der Waals surface area contributed by atoms with Gasteiger partial charge in [-0.2, -0.15) is 13.2 Å². The van der Waals surface area contributed by atoms with Gasteiger partial charge in [0.1, 0.15) is 6.04 Å². The molecule has 0 radical (unpaired) electrons. The monoisotopic (exact) mass is 346 g/mol. The number of aliphatic carboxylic acids is 1. The fourth-order valence-electron chi connectivity index (χ4n) is 2.68. The fourth-order valence-corrected chi connectivity index (χ4v) is 2.68. The SMILES string of the molecule is N[C@H](Cc1ccc(C(F)(F)F)cc1)C(=O)N1C[C@H](O)C[C@H]1C(=O)O. The van der Waals surface area contributed by atoms with Crippen LogP contribution in [0.15, 0.2) is 24.3 Å². The summed E-state index contributed by atoms with van der Waals surface area (Å²) in [5, 5.41) is 18.6. The van der Waals surface area contributed by atoms with E-state index >= 15 is 0 Å². The number of carbonyl (C=O) groups excluding carboxylic acids is 1. The van der Waals surface area contributed by atoms with Crippen molar-refractivity contribution in [3.63, 3.8) is 0 Å². The minimum absolute atomic E-state index is 0.0318. The lowest BCUT2D eigenvalue weighted by molar-refractivity contribution is -0.148. The molecule has 9 heteroatoms. The first-order valence-electron chi connectivity index (χ1n) is 7.22. The van der Waals surface area contributed by atoms with Crippen LogP contribution in [0.1, 0.15) is 17.5 Å². The molecule has 1 saturated heterocycles. The molecular formula is C15H17F3N2O4. The zero-order chi connectivity index (χ0) is 18.1. The van der Waals surface area contributed by atoms with Gasteiger partial charge in [-0.25, -0.2) is 4.79 Å². The molecule has 4 N–H and O–H groups in total. The highest BCUT2D eigenvalue weighted by molar-refractivity contribution is 5.87. The summed E-state index contributed by atoms with van der Waals surface area (Å²) in [6.45, 7) is -0.128. The van der Waals surface area contributed by atoms with Crippen LogP contribution in [0.25, 0.3) is 0 Å². The van der Waals surface area contributed by atoms with Gasteiger partial charge in [0, 0.05) is 13.0 Å². The lowest BCUT2D eigenvalue weighted by atomic mass is 10.0. The number of β-amino-alcohol motifs (C(OH)–C–C–N with tert-alkyl or cyclic N) is 1. The van der Waals surface area contributed by atoms with Gasteiger partial charge >= 0.3 is 12.1 Å². The van der Waals surface area contributed by atoms with Crippen LogP contribution in [-0.4, -0.2) is 51.7 Å². The third kappa shape index (κ3) is 4.04. The van der Waals surface area contributed by atoms with Gasteiger partial charge in [0.05, 0.1) is 17.7 Å². The summed E-state index contributed by atoms with van der Waals surface area (Å²) in [5.74, 6) is -1.89. The molecule has 1 aliphatic heterocycles. The van der Waals surface area contributed by atoms with Crippen LogP contribution in [0, 0.1) is 0 Å². The molecule has 1 heterocycles. The summed E-state index contributed by atoms with van der Waals surface area (Å²) in [6, 6.07) is 1.99. The van der Waals surface area contributed by atoms with E-state index in [1.807, 2.05) is 0 Å². The van der Waals surface area contributed by atoms with Gasteiger partial charge in [-0.15, -0.1) is 0 Å². The van der Waals surface area contributed by atoms with Crippen LogP contribution < -0.4 is 5.73 Å². The van der Waals surface area contributed by atoms with Crippen molar-refractivity contribution in [1.82, 2.24) is 4.90 Å². The molecule has 1 aromatic carbocycles. The van der Waals surface area contributed by atoms with Gasteiger partial charge in [0.2, 0.25) is 5.91 Å². The summed E-state index contributed by atoms with van der Waals surface area (Å²) < 4.78 is 37.5. The summed E-state index contributed by atoms with van der Waals surface area (Å²) in [6.07, 6.45) is -5.49. The molecule has 1 aliphatic rings. The van der Waals surface area contributed by atoms with Crippen molar-refractivity contribution in [3.05, 3.63) is 35.4 Å². The number of carboxylic acid groups (broad SMARTS) is 1. The van der Waals surface area contributed by atoms with Gasteiger partial charge in [-0.05, 0) is 24.1 Å². The number of halogens is 3. The number of nitrogens with zero attached hydrogens (tertiary/aromatic N) is 1. The molecule has 0 aromatic heterocycles. The van der Waals surface area contributed by atoms with Gasteiger partial charge in [0.25, 0.3) is 0 Å². The van der Waals surface area contributed by atoms with E-state index in [0.29, 0.717) is 5.56 Å². The quantitative estimate of drug-likeness (QED) is 0.742. The molecule has 3 atom stereocenters. The maximum absolute atomic E-state index is 12.5. The normalized spacial score (nSPS) is 22.5. The smallest absolute Gasteiger partial charge is 0.416 e. The highest BCUT2D eigenvalue weighted by Gasteiger charge is 2.40. The second kappa shape index (κ2) is 6.78. The maximum atomic E-state index is 12.5. The number of carboxylic acids is 1. The van der Waals surface area contributed by atoms with Gasteiger partial charge in [-0.3, -0.25) is 4.79 Å². The third-order valence-electron chi connectivity index (χ3n) is 3.90. The molecule has 24 heavy (non-hydrogen) atoms. The first-order valence-corrected chi connectivity index (χ1v) is 7.22. The molecule has 0 unspecified atom stereocenters. The molecule has 0 bridgehead atoms. The van der Waals surface area contributed by atoms with E-state index < -0.39 is 41.8 Å². The van der Waals surface area contributed by atoms with Crippen LogP contribution in [0.5, 0.6) is 0 Å². The van der Waals surface area contributed by atoms with Crippen molar-refractivity contribution < 1.29 is 33.0 Å². The van der Waals surface area contributed by atoms with E-state index in [9.17, 15) is 27.9 Å². The van der Waals surface area contributed by atoms with E-state index in [-0.39, 0.29) is 19.4 Å². The Morgan fingerprint density at radius 2 is 1.88 bits per heavy atom. The number of hydrogen-bond donors (Lipinski definition) is 3. The Labute approximate surface area is 135 Å². The standard InChI is InChI=1S/C15H17F3N2O4/c16-15(17,18)9-3-1-8(2-4-9)5-11(19)13(22)20-7-10(21)6-12(20)14(23)24/h1-4,10-12,21H,5-7,19H2,(H,23,24)/t10-,11-,12+/m1/s1. The van der Waals surface area contributed by atoms with E-state index in [2.05, 4.69) is 0 Å². The van der Waals surface area contributed by atoms with Crippen molar-refractivity contribution >= 4 is 11.9 Å². The Hall–Kier alpha value is -2.13. The Morgan fingerprint density at radius 1 is 1.29 bits per heavy atom. The number of likely N-dealkylation sites (tertiary alicyclic amines) is 1. The first kappa shape index (κ1) is 18.2. The topological polar surface area (TPSA) is 104 Å². The number of aliphatic hydroxyl groups is 1. The fraction of sp³-hybridized carbons (Fsp3) is 0.467. The zero-order valence-corrected chi connectivity index (χ0v) is 12.5. The lowest BCUT2D eigenvalue weighted by Gasteiger charge is -2.24. The Morgan fingerprint density at radius 3 is 2.38 bits per heavy atom. The van der Waals surface area contributed by atoms with E-state index in [1.54, 1.807) is 0 Å². The molecule has 1 amide bonds. The summed E-state index contributed by atoms with van der Waals surface area (Å²) in [7, 11) is 0. The van der Waals surface area contributed by atoms with Crippen LogP contribution in [0.2, 0.25) is 0 Å². The van der Waals surface area contributed by atoms with E-state index in [0.717, 1.165) is 17.0 Å². The van der Waals surface area contributed by atoms with Crippen molar-refractivity contribution in [2.75, 3.05) is 6.54 Å². The zero-order valence-electron chi connectivity index (χ0n) is 12.5. The lowest BCUT2D eigenvalue weighted by Crippen LogP contribution is -2.49. The number of alkyl halides is 3. The minimum Gasteiger partial charge on any atom is -0.480 e. The third-order valence-corrected chi connectivity index (χ3v) is 3.90. The molecule has 0 spiro atoms. The van der Waals surface area contributed by atoms with Crippen molar-refractivity contribution in [1.29, 1.82) is 0 Å². The minimum atomic E-state index is -4.45. The highest BCUT2D eigenvalue weighted by Crippen LogP contribution is 2.29. The summed E-state index contributed by atoms with van der Waals surface area (Å²) in [4.78, 5) is 24.4. The molecular weight excluding hydrogens is 329 g/mol.